The predicted octanol–water partition coefficient (Wildman–Crippen LogP) is 6.62. The van der Waals surface area contributed by atoms with E-state index in [1.807, 2.05) is 6.92 Å². The van der Waals surface area contributed by atoms with Crippen LogP contribution >= 0.6 is 12.1 Å². The summed E-state index contributed by atoms with van der Waals surface area (Å²) in [6.45, 7) is 12.7. The first-order chi connectivity index (χ1) is 9.90. The Morgan fingerprint density at radius 1 is 1.24 bits per heavy atom. The summed E-state index contributed by atoms with van der Waals surface area (Å²) in [6.07, 6.45) is 4.37. The van der Waals surface area contributed by atoms with Crippen molar-refractivity contribution in [1.82, 2.24) is 0 Å². The fourth-order valence-corrected chi connectivity index (χ4v) is 1.75. The van der Waals surface area contributed by atoms with Crippen LogP contribution in [0.1, 0.15) is 25.0 Å². The molecule has 0 unspecified atom stereocenters. The van der Waals surface area contributed by atoms with E-state index in [9.17, 15) is 8.28 Å². The lowest BCUT2D eigenvalue weighted by Crippen LogP contribution is -1.80. The highest BCUT2D eigenvalue weighted by molar-refractivity contribution is 7.94. The van der Waals surface area contributed by atoms with E-state index in [1.165, 1.54) is 30.2 Å². The molecule has 1 aromatic rings. The molecule has 0 saturated carbocycles. The second kappa shape index (κ2) is 11.1. The molecule has 3 heteroatoms. The first-order valence-corrected chi connectivity index (χ1v) is 7.40. The molecule has 1 rings (SSSR count). The van der Waals surface area contributed by atoms with E-state index in [2.05, 4.69) is 44.3 Å². The average Bonchev–Trinajstić information content (AvgIpc) is 2.40. The Morgan fingerprint density at radius 2 is 1.81 bits per heavy atom. The normalized spacial score (nSPS) is 11.5. The van der Waals surface area contributed by atoms with Crippen molar-refractivity contribution in [3.05, 3.63) is 78.2 Å². The van der Waals surface area contributed by atoms with Crippen LogP contribution < -0.4 is 0 Å². The van der Waals surface area contributed by atoms with Crippen LogP contribution in [0.4, 0.5) is 8.28 Å². The molecule has 0 aliphatic rings. The molecule has 0 heterocycles. The molecule has 0 aliphatic heterocycles. The van der Waals surface area contributed by atoms with Gasteiger partial charge in [0.15, 0.2) is 0 Å². The fourth-order valence-electron chi connectivity index (χ4n) is 1.45. The zero-order valence-electron chi connectivity index (χ0n) is 12.8. The third kappa shape index (κ3) is 9.85. The molecule has 0 nitrogen and oxygen atoms in total. The molecule has 0 N–H and O–H groups in total. The van der Waals surface area contributed by atoms with Crippen molar-refractivity contribution in [2.24, 2.45) is 0 Å². The topological polar surface area (TPSA) is 0 Å². The van der Waals surface area contributed by atoms with Gasteiger partial charge in [-0.05, 0) is 38.0 Å². The van der Waals surface area contributed by atoms with Crippen molar-refractivity contribution in [2.75, 3.05) is 5.75 Å². The van der Waals surface area contributed by atoms with E-state index >= 15 is 0 Å². The summed E-state index contributed by atoms with van der Waals surface area (Å²) in [7, 11) is 0. The summed E-state index contributed by atoms with van der Waals surface area (Å²) in [5.74, 6) is -0.167. The van der Waals surface area contributed by atoms with Crippen molar-refractivity contribution in [2.45, 2.75) is 20.8 Å². The lowest BCUT2D eigenvalue weighted by molar-refractivity contribution is 0.639. The molecule has 0 fully saturated rings. The Hall–Kier alpha value is -1.61. The number of hydrogen-bond acceptors (Lipinski definition) is 1. The van der Waals surface area contributed by atoms with Crippen molar-refractivity contribution in [1.29, 1.82) is 0 Å². The van der Waals surface area contributed by atoms with Crippen LogP contribution in [0.15, 0.2) is 67.1 Å². The van der Waals surface area contributed by atoms with E-state index in [0.29, 0.717) is 5.57 Å². The minimum Gasteiger partial charge on any atom is -0.212 e. The molecular weight excluding hydrogens is 286 g/mol. The molecule has 0 spiro atoms. The van der Waals surface area contributed by atoms with Crippen LogP contribution in [0.2, 0.25) is 0 Å². The minimum absolute atomic E-state index is 0.160. The largest absolute Gasteiger partial charge is 0.212 e. The molecule has 114 valence electrons. The maximum Gasteiger partial charge on any atom is 0.0971 e. The summed E-state index contributed by atoms with van der Waals surface area (Å²) in [5.41, 5.74) is 4.24. The molecule has 21 heavy (non-hydrogen) atoms. The molecule has 0 amide bonds. The van der Waals surface area contributed by atoms with Gasteiger partial charge in [0.25, 0.3) is 0 Å². The highest BCUT2D eigenvalue weighted by atomic mass is 32.2. The van der Waals surface area contributed by atoms with Crippen LogP contribution in [0.25, 0.3) is 5.57 Å². The summed E-state index contributed by atoms with van der Waals surface area (Å²) in [6, 6.07) is 8.39. The first-order valence-electron chi connectivity index (χ1n) is 6.52. The Morgan fingerprint density at radius 3 is 2.19 bits per heavy atom. The van der Waals surface area contributed by atoms with Gasteiger partial charge in [0.1, 0.15) is 0 Å². The molecule has 0 aliphatic carbocycles. The fraction of sp³-hybridized carbons (Fsp3) is 0.222. The van der Waals surface area contributed by atoms with Gasteiger partial charge in [-0.15, -0.1) is 0 Å². The van der Waals surface area contributed by atoms with Crippen LogP contribution in [-0.2, 0) is 0 Å². The zero-order chi connectivity index (χ0) is 16.3. The summed E-state index contributed by atoms with van der Waals surface area (Å²) in [5, 5.41) is 0. The number of benzene rings is 1. The second-order valence-corrected chi connectivity index (χ2v) is 5.12. The van der Waals surface area contributed by atoms with Gasteiger partial charge in [0, 0.05) is 12.1 Å². The molecular formula is C18H22F2S. The number of hydrogen-bond donors (Lipinski definition) is 0. The lowest BCUT2D eigenvalue weighted by atomic mass is 10.1. The summed E-state index contributed by atoms with van der Waals surface area (Å²) < 4.78 is 24.0. The third-order valence-electron chi connectivity index (χ3n) is 2.48. The van der Waals surface area contributed by atoms with Crippen LogP contribution in [0.5, 0.6) is 0 Å². The van der Waals surface area contributed by atoms with Crippen LogP contribution in [-0.4, -0.2) is 5.75 Å². The highest BCUT2D eigenvalue weighted by Gasteiger charge is 1.93. The Labute approximate surface area is 131 Å². The minimum atomic E-state index is -0.327. The smallest absolute Gasteiger partial charge is 0.0971 e. The van der Waals surface area contributed by atoms with E-state index in [-0.39, 0.29) is 23.7 Å². The van der Waals surface area contributed by atoms with Crippen LogP contribution in [0, 0.1) is 6.92 Å². The monoisotopic (exact) mass is 308 g/mol. The number of rotatable bonds is 5. The predicted molar refractivity (Wildman–Crippen MR) is 92.6 cm³/mol. The third-order valence-corrected chi connectivity index (χ3v) is 2.92. The van der Waals surface area contributed by atoms with E-state index in [1.54, 1.807) is 6.08 Å². The SMILES string of the molecule is C=C(C)c1ccc(C)cc1.C=C/C=C(\C=C(/C)F)CSF. The van der Waals surface area contributed by atoms with Gasteiger partial charge in [0.05, 0.1) is 11.6 Å². The van der Waals surface area contributed by atoms with Crippen LogP contribution in [0.3, 0.4) is 0 Å². The quantitative estimate of drug-likeness (QED) is 0.551. The number of allylic oxidation sites excluding steroid dienone is 5. The number of aryl methyl sites for hydroxylation is 1. The molecule has 1 aromatic carbocycles. The Kier molecular flexibility index (Phi) is 10.2. The Balaban J connectivity index is 0.000000382. The first kappa shape index (κ1) is 19.4. The number of halogens is 2. The molecule has 0 atom stereocenters. The van der Waals surface area contributed by atoms with Gasteiger partial charge in [-0.25, -0.2) is 4.39 Å². The van der Waals surface area contributed by atoms with E-state index in [0.717, 1.165) is 5.57 Å². The van der Waals surface area contributed by atoms with Crippen molar-refractivity contribution in [3.63, 3.8) is 0 Å². The standard InChI is InChI=1S/C10H12.C8H10F2S/c1-8(2)10-6-4-9(3)5-7-10;1-3-4-8(6-11-10)5-7(2)9/h4-7H,1H2,2-3H3;3-5H,1,6H2,2H3/b;7-5+,8-4+. The molecule has 0 saturated heterocycles. The van der Waals surface area contributed by atoms with Crippen molar-refractivity contribution < 1.29 is 8.28 Å². The summed E-state index contributed by atoms with van der Waals surface area (Å²) in [4.78, 5) is 0. The average molecular weight is 308 g/mol. The maximum absolute atomic E-state index is 12.3. The van der Waals surface area contributed by atoms with E-state index in [4.69, 9.17) is 0 Å². The van der Waals surface area contributed by atoms with Gasteiger partial charge >= 0.3 is 0 Å². The molecule has 0 bridgehead atoms. The van der Waals surface area contributed by atoms with Gasteiger partial charge in [0.2, 0.25) is 0 Å². The lowest BCUT2D eigenvalue weighted by Gasteiger charge is -1.98. The summed E-state index contributed by atoms with van der Waals surface area (Å²) >= 11 is 0.164. The molecule has 0 radical (unpaired) electrons. The van der Waals surface area contributed by atoms with Gasteiger partial charge in [-0.1, -0.05) is 60.7 Å². The van der Waals surface area contributed by atoms with E-state index < -0.39 is 0 Å². The van der Waals surface area contributed by atoms with Crippen molar-refractivity contribution in [3.8, 4) is 0 Å². The second-order valence-electron chi connectivity index (χ2n) is 4.61. The zero-order valence-corrected chi connectivity index (χ0v) is 13.6. The van der Waals surface area contributed by atoms with Gasteiger partial charge < -0.3 is 0 Å². The van der Waals surface area contributed by atoms with Gasteiger partial charge in [-0.3, -0.25) is 0 Å². The highest BCUT2D eigenvalue weighted by Crippen LogP contribution is 2.12. The molecule has 0 aromatic heterocycles. The van der Waals surface area contributed by atoms with Crippen molar-refractivity contribution >= 4 is 17.7 Å². The van der Waals surface area contributed by atoms with Gasteiger partial charge in [-0.2, -0.15) is 3.89 Å². The Bertz CT molecular complexity index is 507. The maximum atomic E-state index is 12.3.